The lowest BCUT2D eigenvalue weighted by Crippen LogP contribution is -2.24. The van der Waals surface area contributed by atoms with Crippen molar-refractivity contribution in [2.75, 3.05) is 0 Å². The van der Waals surface area contributed by atoms with E-state index < -0.39 is 26.6 Å². The van der Waals surface area contributed by atoms with Crippen LogP contribution in [-0.4, -0.2) is 14.2 Å². The number of hydrogen-bond donors (Lipinski definition) is 1. The lowest BCUT2D eigenvalue weighted by atomic mass is 10.2. The van der Waals surface area contributed by atoms with Crippen molar-refractivity contribution in [1.82, 2.24) is 4.72 Å². The minimum absolute atomic E-state index is 0.169. The van der Waals surface area contributed by atoms with Crippen LogP contribution in [0, 0.1) is 11.6 Å². The van der Waals surface area contributed by atoms with E-state index in [1.54, 1.807) is 12.1 Å². The Balaban J connectivity index is 1.75. The molecule has 0 aliphatic carbocycles. The summed E-state index contributed by atoms with van der Waals surface area (Å²) >= 11 is 1.06. The van der Waals surface area contributed by atoms with Gasteiger partial charge in [-0.05, 0) is 36.4 Å². The summed E-state index contributed by atoms with van der Waals surface area (Å²) < 4.78 is 58.6. The highest BCUT2D eigenvalue weighted by atomic mass is 32.2. The standard InChI is InChI=1S/C16H11F2NO4S2/c17-11-3-1-4-12(18)16(11)25(21,22)19-9-10-6-7-14(24-10)15(20)13-5-2-8-23-13/h1-8,19H,9H2. The zero-order valence-corrected chi connectivity index (χ0v) is 14.2. The number of halogens is 2. The van der Waals surface area contributed by atoms with Crippen LogP contribution in [0.25, 0.3) is 0 Å². The number of carbonyl (C=O) groups excluding carboxylic acids is 1. The molecule has 0 unspecified atom stereocenters. The Labute approximate surface area is 146 Å². The summed E-state index contributed by atoms with van der Waals surface area (Å²) in [5.74, 6) is -2.51. The topological polar surface area (TPSA) is 76.4 Å². The van der Waals surface area contributed by atoms with Crippen LogP contribution in [0.4, 0.5) is 8.78 Å². The van der Waals surface area contributed by atoms with Crippen molar-refractivity contribution in [3.63, 3.8) is 0 Å². The number of carbonyl (C=O) groups is 1. The Hall–Kier alpha value is -2.36. The fraction of sp³-hybridized carbons (Fsp3) is 0.0625. The first kappa shape index (κ1) is 17.5. The van der Waals surface area contributed by atoms with E-state index in [4.69, 9.17) is 4.42 Å². The molecule has 0 aliphatic heterocycles. The van der Waals surface area contributed by atoms with Crippen LogP contribution in [0.3, 0.4) is 0 Å². The smallest absolute Gasteiger partial charge is 0.246 e. The van der Waals surface area contributed by atoms with Crippen LogP contribution in [-0.2, 0) is 16.6 Å². The second-order valence-corrected chi connectivity index (χ2v) is 7.82. The SMILES string of the molecule is O=C(c1ccco1)c1ccc(CNS(=O)(=O)c2c(F)cccc2F)s1. The van der Waals surface area contributed by atoms with Gasteiger partial charge in [0.05, 0.1) is 11.1 Å². The van der Waals surface area contributed by atoms with Gasteiger partial charge in [-0.25, -0.2) is 21.9 Å². The lowest BCUT2D eigenvalue weighted by molar-refractivity contribution is 0.101. The largest absolute Gasteiger partial charge is 0.461 e. The van der Waals surface area contributed by atoms with E-state index in [9.17, 15) is 22.0 Å². The predicted molar refractivity (Wildman–Crippen MR) is 86.8 cm³/mol. The van der Waals surface area contributed by atoms with E-state index in [2.05, 4.69) is 4.72 Å². The van der Waals surface area contributed by atoms with Crippen LogP contribution in [0.2, 0.25) is 0 Å². The molecular weight excluding hydrogens is 372 g/mol. The third kappa shape index (κ3) is 3.68. The number of hydrogen-bond acceptors (Lipinski definition) is 5. The quantitative estimate of drug-likeness (QED) is 0.663. The van der Waals surface area contributed by atoms with Gasteiger partial charge in [0.25, 0.3) is 0 Å². The summed E-state index contributed by atoms with van der Waals surface area (Å²) in [6.07, 6.45) is 1.37. The Morgan fingerprint density at radius 3 is 2.44 bits per heavy atom. The van der Waals surface area contributed by atoms with Gasteiger partial charge < -0.3 is 4.42 Å². The van der Waals surface area contributed by atoms with Crippen molar-refractivity contribution in [3.8, 4) is 0 Å². The van der Waals surface area contributed by atoms with E-state index in [1.807, 2.05) is 0 Å². The first-order chi connectivity index (χ1) is 11.9. The highest BCUT2D eigenvalue weighted by Gasteiger charge is 2.24. The van der Waals surface area contributed by atoms with Crippen molar-refractivity contribution in [2.45, 2.75) is 11.4 Å². The number of sulfonamides is 1. The zero-order valence-electron chi connectivity index (χ0n) is 12.5. The van der Waals surface area contributed by atoms with Gasteiger partial charge >= 0.3 is 0 Å². The molecule has 0 fully saturated rings. The summed E-state index contributed by atoms with van der Waals surface area (Å²) in [6.45, 7) is -0.202. The molecule has 2 heterocycles. The van der Waals surface area contributed by atoms with E-state index in [-0.39, 0.29) is 18.1 Å². The molecule has 25 heavy (non-hydrogen) atoms. The van der Waals surface area contributed by atoms with Crippen molar-refractivity contribution in [2.24, 2.45) is 0 Å². The van der Waals surface area contributed by atoms with E-state index in [1.165, 1.54) is 18.4 Å². The third-order valence-corrected chi connectivity index (χ3v) is 5.79. The van der Waals surface area contributed by atoms with Crippen LogP contribution in [0.5, 0.6) is 0 Å². The molecule has 130 valence electrons. The van der Waals surface area contributed by atoms with Gasteiger partial charge in [0, 0.05) is 11.4 Å². The van der Waals surface area contributed by atoms with Gasteiger partial charge in [0.2, 0.25) is 15.8 Å². The summed E-state index contributed by atoms with van der Waals surface area (Å²) in [5.41, 5.74) is 0. The molecule has 0 saturated carbocycles. The molecule has 0 aliphatic rings. The number of benzene rings is 1. The highest BCUT2D eigenvalue weighted by Crippen LogP contribution is 2.22. The maximum atomic E-state index is 13.6. The molecular formula is C16H11F2NO4S2. The maximum absolute atomic E-state index is 13.6. The average Bonchev–Trinajstić information content (AvgIpc) is 3.24. The first-order valence-corrected chi connectivity index (χ1v) is 9.29. The lowest BCUT2D eigenvalue weighted by Gasteiger charge is -2.07. The summed E-state index contributed by atoms with van der Waals surface area (Å²) in [7, 11) is -4.37. The summed E-state index contributed by atoms with van der Waals surface area (Å²) in [4.78, 5) is 12.0. The van der Waals surface area contributed by atoms with Gasteiger partial charge in [0.15, 0.2) is 10.7 Å². The van der Waals surface area contributed by atoms with Gasteiger partial charge in [0.1, 0.15) is 11.6 Å². The normalized spacial score (nSPS) is 11.6. The Kier molecular flexibility index (Phi) is 4.80. The second kappa shape index (κ2) is 6.87. The highest BCUT2D eigenvalue weighted by molar-refractivity contribution is 7.89. The molecule has 0 amide bonds. The molecule has 0 saturated heterocycles. The third-order valence-electron chi connectivity index (χ3n) is 3.25. The van der Waals surface area contributed by atoms with Crippen molar-refractivity contribution < 1.29 is 26.4 Å². The van der Waals surface area contributed by atoms with Crippen LogP contribution in [0.15, 0.2) is 58.0 Å². The molecule has 9 heteroatoms. The molecule has 0 spiro atoms. The Morgan fingerprint density at radius 2 is 1.80 bits per heavy atom. The molecule has 0 bridgehead atoms. The molecule has 2 aromatic heterocycles. The van der Waals surface area contributed by atoms with Crippen LogP contribution in [0.1, 0.15) is 20.3 Å². The molecule has 0 radical (unpaired) electrons. The van der Waals surface area contributed by atoms with Gasteiger partial charge in [-0.1, -0.05) is 6.07 Å². The monoisotopic (exact) mass is 383 g/mol. The molecule has 0 atom stereocenters. The van der Waals surface area contributed by atoms with Gasteiger partial charge in [-0.2, -0.15) is 0 Å². The molecule has 1 N–H and O–H groups in total. The minimum Gasteiger partial charge on any atom is -0.461 e. The fourth-order valence-corrected chi connectivity index (χ4v) is 4.22. The van der Waals surface area contributed by atoms with Crippen molar-refractivity contribution in [1.29, 1.82) is 0 Å². The average molecular weight is 383 g/mol. The fourth-order valence-electron chi connectivity index (χ4n) is 2.10. The van der Waals surface area contributed by atoms with Gasteiger partial charge in [-0.3, -0.25) is 4.79 Å². The molecule has 5 nitrogen and oxygen atoms in total. The molecule has 3 aromatic rings. The number of rotatable bonds is 6. The summed E-state index contributed by atoms with van der Waals surface area (Å²) in [6, 6.07) is 9.00. The van der Waals surface area contributed by atoms with Crippen LogP contribution >= 0.6 is 11.3 Å². The maximum Gasteiger partial charge on any atom is 0.246 e. The second-order valence-electron chi connectivity index (χ2n) is 4.95. The van der Waals surface area contributed by atoms with Gasteiger partial charge in [-0.15, -0.1) is 11.3 Å². The Bertz CT molecular complexity index is 990. The van der Waals surface area contributed by atoms with Crippen molar-refractivity contribution >= 4 is 27.1 Å². The summed E-state index contributed by atoms with van der Waals surface area (Å²) in [5, 5.41) is 0. The minimum atomic E-state index is -4.37. The first-order valence-electron chi connectivity index (χ1n) is 6.99. The molecule has 1 aromatic carbocycles. The number of nitrogens with one attached hydrogen (secondary N) is 1. The molecule has 3 rings (SSSR count). The van der Waals surface area contributed by atoms with Crippen molar-refractivity contribution in [3.05, 3.63) is 75.9 Å². The Morgan fingerprint density at radius 1 is 1.08 bits per heavy atom. The predicted octanol–water partition coefficient (Wildman–Crippen LogP) is 3.33. The zero-order chi connectivity index (χ0) is 18.0. The van der Waals surface area contributed by atoms with Crippen LogP contribution < -0.4 is 4.72 Å². The van der Waals surface area contributed by atoms with E-state index in [0.29, 0.717) is 9.75 Å². The number of ketones is 1. The number of furan rings is 1. The number of thiophene rings is 1. The van der Waals surface area contributed by atoms with E-state index in [0.717, 1.165) is 29.5 Å². The van der Waals surface area contributed by atoms with E-state index >= 15 is 0 Å².